The third kappa shape index (κ3) is 3.27. The summed E-state index contributed by atoms with van der Waals surface area (Å²) in [5.74, 6) is 0.0338. The van der Waals surface area contributed by atoms with Crippen LogP contribution in [0.2, 0.25) is 5.02 Å². The molecule has 0 fully saturated rings. The molecule has 1 heterocycles. The van der Waals surface area contributed by atoms with E-state index < -0.39 is 11.7 Å². The molecular weight excluding hydrogens is 231 g/mol. The minimum atomic E-state index is -4.43. The molecule has 0 saturated carbocycles. The number of halogens is 4. The largest absolute Gasteiger partial charge is 0.477 e. The maximum Gasteiger partial charge on any atom is 0.417 e. The van der Waals surface area contributed by atoms with Crippen LogP contribution >= 0.6 is 11.6 Å². The molecule has 1 aromatic heterocycles. The van der Waals surface area contributed by atoms with Gasteiger partial charge in [-0.1, -0.05) is 18.5 Å². The third-order valence-electron chi connectivity index (χ3n) is 1.58. The van der Waals surface area contributed by atoms with E-state index in [0.29, 0.717) is 12.8 Å². The molecule has 2 nitrogen and oxygen atoms in total. The molecule has 0 aliphatic heterocycles. The van der Waals surface area contributed by atoms with Gasteiger partial charge in [0, 0.05) is 6.20 Å². The average Bonchev–Trinajstić information content (AvgIpc) is 2.14. The highest BCUT2D eigenvalue weighted by Gasteiger charge is 2.31. The Morgan fingerprint density at radius 3 is 2.60 bits per heavy atom. The number of ether oxygens (including phenoxy) is 1. The van der Waals surface area contributed by atoms with Gasteiger partial charge >= 0.3 is 6.18 Å². The molecule has 84 valence electrons. The molecule has 0 N–H and O–H groups in total. The Hall–Kier alpha value is -0.970. The highest BCUT2D eigenvalue weighted by atomic mass is 35.5. The van der Waals surface area contributed by atoms with E-state index in [9.17, 15) is 13.2 Å². The van der Waals surface area contributed by atoms with Crippen molar-refractivity contribution in [3.63, 3.8) is 0 Å². The molecule has 0 bridgehead atoms. The van der Waals surface area contributed by atoms with Gasteiger partial charge in [-0.15, -0.1) is 0 Å². The summed E-state index contributed by atoms with van der Waals surface area (Å²) in [5.41, 5.74) is -0.878. The van der Waals surface area contributed by atoms with Crippen LogP contribution < -0.4 is 4.74 Å². The highest BCUT2D eigenvalue weighted by Crippen LogP contribution is 2.32. The summed E-state index contributed by atoms with van der Waals surface area (Å²) in [5, 5.41) is -0.127. The fraction of sp³-hybridized carbons (Fsp3) is 0.444. The van der Waals surface area contributed by atoms with Crippen LogP contribution in [-0.4, -0.2) is 11.6 Å². The van der Waals surface area contributed by atoms with Crippen LogP contribution in [0.25, 0.3) is 0 Å². The second-order valence-electron chi connectivity index (χ2n) is 2.86. The zero-order valence-electron chi connectivity index (χ0n) is 7.94. The molecule has 0 radical (unpaired) electrons. The quantitative estimate of drug-likeness (QED) is 0.805. The smallest absolute Gasteiger partial charge is 0.417 e. The zero-order chi connectivity index (χ0) is 11.5. The maximum absolute atomic E-state index is 12.2. The van der Waals surface area contributed by atoms with Crippen LogP contribution in [0, 0.1) is 0 Å². The van der Waals surface area contributed by atoms with Crippen molar-refractivity contribution in [2.75, 3.05) is 6.61 Å². The van der Waals surface area contributed by atoms with Gasteiger partial charge in [-0.25, -0.2) is 4.98 Å². The Kier molecular flexibility index (Phi) is 3.79. The van der Waals surface area contributed by atoms with Crippen LogP contribution in [-0.2, 0) is 6.18 Å². The van der Waals surface area contributed by atoms with Gasteiger partial charge in [0.15, 0.2) is 0 Å². The van der Waals surface area contributed by atoms with E-state index >= 15 is 0 Å². The standard InChI is InChI=1S/C9H9ClF3NO/c1-2-3-15-8-7(10)4-6(5-14-8)9(11,12)13/h4-5H,2-3H2,1H3. The molecule has 6 heteroatoms. The maximum atomic E-state index is 12.2. The first-order chi connectivity index (χ1) is 6.95. The molecule has 0 aliphatic carbocycles. The fourth-order valence-electron chi connectivity index (χ4n) is 0.885. The van der Waals surface area contributed by atoms with E-state index in [-0.39, 0.29) is 10.9 Å². The first-order valence-corrected chi connectivity index (χ1v) is 4.68. The number of alkyl halides is 3. The number of pyridine rings is 1. The predicted octanol–water partition coefficient (Wildman–Crippen LogP) is 3.54. The number of rotatable bonds is 3. The van der Waals surface area contributed by atoms with E-state index in [2.05, 4.69) is 4.98 Å². The first kappa shape index (κ1) is 12.1. The van der Waals surface area contributed by atoms with Gasteiger partial charge in [-0.05, 0) is 12.5 Å². The molecule has 1 rings (SSSR count). The SMILES string of the molecule is CCCOc1ncc(C(F)(F)F)cc1Cl. The van der Waals surface area contributed by atoms with Crippen LogP contribution in [0.5, 0.6) is 5.88 Å². The van der Waals surface area contributed by atoms with Gasteiger partial charge < -0.3 is 4.74 Å². The van der Waals surface area contributed by atoms with Gasteiger partial charge in [0.1, 0.15) is 5.02 Å². The van der Waals surface area contributed by atoms with Crippen molar-refractivity contribution >= 4 is 11.6 Å². The number of hydrogen-bond acceptors (Lipinski definition) is 2. The summed E-state index contributed by atoms with van der Waals surface area (Å²) in [7, 11) is 0. The van der Waals surface area contributed by atoms with E-state index in [4.69, 9.17) is 16.3 Å². The number of hydrogen-bond donors (Lipinski definition) is 0. The Labute approximate surface area is 90.0 Å². The lowest BCUT2D eigenvalue weighted by atomic mass is 10.3. The summed E-state index contributed by atoms with van der Waals surface area (Å²) in [6.45, 7) is 2.25. The molecule has 0 spiro atoms. The van der Waals surface area contributed by atoms with Crippen molar-refractivity contribution in [1.82, 2.24) is 4.98 Å². The van der Waals surface area contributed by atoms with Gasteiger partial charge in [0.25, 0.3) is 0 Å². The molecule has 0 saturated heterocycles. The van der Waals surface area contributed by atoms with Crippen LogP contribution in [0.15, 0.2) is 12.3 Å². The van der Waals surface area contributed by atoms with Gasteiger partial charge in [-0.3, -0.25) is 0 Å². The van der Waals surface area contributed by atoms with Crippen LogP contribution in [0.1, 0.15) is 18.9 Å². The first-order valence-electron chi connectivity index (χ1n) is 4.30. The minimum Gasteiger partial charge on any atom is -0.477 e. The van der Waals surface area contributed by atoms with E-state index in [1.165, 1.54) is 0 Å². The summed E-state index contributed by atoms with van der Waals surface area (Å²) >= 11 is 5.58. The van der Waals surface area contributed by atoms with Crippen molar-refractivity contribution in [3.05, 3.63) is 22.8 Å². The fourth-order valence-corrected chi connectivity index (χ4v) is 1.11. The lowest BCUT2D eigenvalue weighted by molar-refractivity contribution is -0.137. The molecular formula is C9H9ClF3NO. The lowest BCUT2D eigenvalue weighted by Crippen LogP contribution is -2.06. The number of nitrogens with zero attached hydrogens (tertiary/aromatic N) is 1. The van der Waals surface area contributed by atoms with E-state index in [1.807, 2.05) is 6.92 Å². The molecule has 0 unspecified atom stereocenters. The lowest BCUT2D eigenvalue weighted by Gasteiger charge is -2.09. The van der Waals surface area contributed by atoms with Crippen molar-refractivity contribution in [1.29, 1.82) is 0 Å². The normalized spacial score (nSPS) is 11.5. The summed E-state index contributed by atoms with van der Waals surface area (Å²) in [6, 6.07) is 0.805. The highest BCUT2D eigenvalue weighted by molar-refractivity contribution is 6.31. The van der Waals surface area contributed by atoms with Gasteiger partial charge in [0.2, 0.25) is 5.88 Å². The Balaban J connectivity index is 2.88. The van der Waals surface area contributed by atoms with E-state index in [0.717, 1.165) is 12.5 Å². The number of aromatic nitrogens is 1. The Morgan fingerprint density at radius 2 is 2.13 bits per heavy atom. The molecule has 0 amide bonds. The summed E-state index contributed by atoms with van der Waals surface area (Å²) in [4.78, 5) is 3.51. The predicted molar refractivity (Wildman–Crippen MR) is 50.0 cm³/mol. The minimum absolute atomic E-state index is 0.0338. The molecule has 15 heavy (non-hydrogen) atoms. The monoisotopic (exact) mass is 239 g/mol. The van der Waals surface area contributed by atoms with Gasteiger partial charge in [0.05, 0.1) is 12.2 Å². The summed E-state index contributed by atoms with van der Waals surface area (Å²) in [6.07, 6.45) is -2.99. The Morgan fingerprint density at radius 1 is 1.47 bits per heavy atom. The molecule has 0 aliphatic rings. The topological polar surface area (TPSA) is 22.1 Å². The van der Waals surface area contributed by atoms with Crippen molar-refractivity contribution in [2.45, 2.75) is 19.5 Å². The third-order valence-corrected chi connectivity index (χ3v) is 1.85. The van der Waals surface area contributed by atoms with Crippen molar-refractivity contribution in [2.24, 2.45) is 0 Å². The zero-order valence-corrected chi connectivity index (χ0v) is 8.69. The average molecular weight is 240 g/mol. The van der Waals surface area contributed by atoms with Crippen LogP contribution in [0.3, 0.4) is 0 Å². The molecule has 0 aromatic carbocycles. The molecule has 0 atom stereocenters. The van der Waals surface area contributed by atoms with Gasteiger partial charge in [-0.2, -0.15) is 13.2 Å². The Bertz CT molecular complexity index is 341. The second kappa shape index (κ2) is 4.70. The van der Waals surface area contributed by atoms with Crippen molar-refractivity contribution < 1.29 is 17.9 Å². The van der Waals surface area contributed by atoms with Crippen LogP contribution in [0.4, 0.5) is 13.2 Å². The molecule has 1 aromatic rings. The van der Waals surface area contributed by atoms with Crippen molar-refractivity contribution in [3.8, 4) is 5.88 Å². The second-order valence-corrected chi connectivity index (χ2v) is 3.26. The van der Waals surface area contributed by atoms with E-state index in [1.54, 1.807) is 0 Å². The summed E-state index contributed by atoms with van der Waals surface area (Å²) < 4.78 is 41.7.